The Balaban J connectivity index is 4.46. The largest absolute Gasteiger partial charge is 0.500 e. The first-order valence-electron chi connectivity index (χ1n) is 8.94. The van der Waals surface area contributed by atoms with Crippen LogP contribution >= 0.6 is 0 Å². The molecule has 2 radical (unpaired) electrons. The minimum absolute atomic E-state index is 0.0960. The van der Waals surface area contributed by atoms with E-state index in [1.807, 2.05) is 20.8 Å². The first kappa shape index (κ1) is 26.1. The third-order valence-electron chi connectivity index (χ3n) is 3.71. The summed E-state index contributed by atoms with van der Waals surface area (Å²) in [5.74, 6) is 0. The summed E-state index contributed by atoms with van der Waals surface area (Å²) in [7, 11) is -2.84. The molecule has 0 aliphatic heterocycles. The predicted molar refractivity (Wildman–Crippen MR) is 97.7 cm³/mol. The van der Waals surface area contributed by atoms with Crippen molar-refractivity contribution in [3.8, 4) is 0 Å². The maximum Gasteiger partial charge on any atom is 0.500 e. The van der Waals surface area contributed by atoms with Gasteiger partial charge in [-0.05, 0) is 20.8 Å². The van der Waals surface area contributed by atoms with Crippen molar-refractivity contribution in [1.82, 2.24) is 0 Å². The molecule has 0 aromatic heterocycles. The number of aliphatic hydroxyl groups is 6. The SMILES string of the molecule is CCO[Si](CCC[Si]C(O)[C@@H](O)[C@H](O)[C@@H](O)[C@@H](O)CO)(OCC)OCC. The molecule has 0 saturated heterocycles. The highest BCUT2D eigenvalue weighted by molar-refractivity contribution is 6.60. The lowest BCUT2D eigenvalue weighted by molar-refractivity contribution is -0.129. The Labute approximate surface area is 158 Å². The standard InChI is InChI=1S/C15H34O9Si2/c1-4-22-26(23-5-2,24-6-3)9-7-8-25-15(21)14(20)13(19)12(18)11(17)10-16/h11-21H,4-10H2,1-3H3/t11-,12-,13+,14-,15?/m0/s1. The van der Waals surface area contributed by atoms with E-state index in [9.17, 15) is 25.5 Å². The van der Waals surface area contributed by atoms with Crippen LogP contribution in [-0.2, 0) is 13.3 Å². The van der Waals surface area contributed by atoms with Crippen LogP contribution < -0.4 is 0 Å². The van der Waals surface area contributed by atoms with Crippen LogP contribution in [0.15, 0.2) is 0 Å². The van der Waals surface area contributed by atoms with Gasteiger partial charge in [0, 0.05) is 25.9 Å². The summed E-state index contributed by atoms with van der Waals surface area (Å²) >= 11 is 0. The molecule has 156 valence electrons. The number of rotatable bonds is 16. The second-order valence-electron chi connectivity index (χ2n) is 5.71. The van der Waals surface area contributed by atoms with E-state index in [1.54, 1.807) is 0 Å². The Morgan fingerprint density at radius 2 is 1.31 bits per heavy atom. The van der Waals surface area contributed by atoms with E-state index in [-0.39, 0.29) is 9.52 Å². The molecule has 11 heteroatoms. The summed E-state index contributed by atoms with van der Waals surface area (Å²) in [5.41, 5.74) is -1.26. The fraction of sp³-hybridized carbons (Fsp3) is 1.00. The van der Waals surface area contributed by atoms with Crippen LogP contribution in [0.1, 0.15) is 27.2 Å². The third kappa shape index (κ3) is 8.84. The average Bonchev–Trinajstić information content (AvgIpc) is 2.63. The van der Waals surface area contributed by atoms with Gasteiger partial charge in [-0.25, -0.2) is 0 Å². The van der Waals surface area contributed by atoms with Gasteiger partial charge in [-0.15, -0.1) is 0 Å². The lowest BCUT2D eigenvalue weighted by Crippen LogP contribution is -2.51. The van der Waals surface area contributed by atoms with E-state index in [2.05, 4.69) is 0 Å². The Hall–Kier alpha value is 0.0738. The van der Waals surface area contributed by atoms with E-state index in [0.717, 1.165) is 0 Å². The summed E-state index contributed by atoms with van der Waals surface area (Å²) in [6, 6.07) is 1.12. The molecule has 26 heavy (non-hydrogen) atoms. The van der Waals surface area contributed by atoms with Crippen molar-refractivity contribution < 1.29 is 43.9 Å². The van der Waals surface area contributed by atoms with Crippen LogP contribution in [0.5, 0.6) is 0 Å². The molecule has 0 saturated carbocycles. The van der Waals surface area contributed by atoms with E-state index in [4.69, 9.17) is 18.4 Å². The molecule has 0 aromatic rings. The fourth-order valence-electron chi connectivity index (χ4n) is 2.40. The zero-order valence-corrected chi connectivity index (χ0v) is 17.7. The van der Waals surface area contributed by atoms with E-state index in [0.29, 0.717) is 38.3 Å². The van der Waals surface area contributed by atoms with Gasteiger partial charge in [-0.1, -0.05) is 12.5 Å². The smallest absolute Gasteiger partial charge is 0.394 e. The summed E-state index contributed by atoms with van der Waals surface area (Å²) in [4.78, 5) is 0. The van der Waals surface area contributed by atoms with Gasteiger partial charge in [-0.3, -0.25) is 0 Å². The van der Waals surface area contributed by atoms with Gasteiger partial charge in [-0.2, -0.15) is 0 Å². The zero-order valence-electron chi connectivity index (χ0n) is 15.7. The highest BCUT2D eigenvalue weighted by Crippen LogP contribution is 2.20. The van der Waals surface area contributed by atoms with E-state index >= 15 is 0 Å². The van der Waals surface area contributed by atoms with Crippen LogP contribution in [0.2, 0.25) is 12.1 Å². The molecule has 0 aliphatic carbocycles. The van der Waals surface area contributed by atoms with Crippen LogP contribution in [-0.4, -0.2) is 106 Å². The fourth-order valence-corrected chi connectivity index (χ4v) is 6.48. The van der Waals surface area contributed by atoms with Gasteiger partial charge in [0.05, 0.1) is 21.9 Å². The lowest BCUT2D eigenvalue weighted by atomic mass is 10.0. The predicted octanol–water partition coefficient (Wildman–Crippen LogP) is -1.70. The third-order valence-corrected chi connectivity index (χ3v) is 8.26. The first-order valence-corrected chi connectivity index (χ1v) is 12.2. The molecule has 5 atom stereocenters. The lowest BCUT2D eigenvalue weighted by Gasteiger charge is -2.29. The highest BCUT2D eigenvalue weighted by Gasteiger charge is 2.40. The second kappa shape index (κ2) is 14.1. The molecule has 0 fully saturated rings. The minimum atomic E-state index is -2.74. The molecule has 9 nitrogen and oxygen atoms in total. The number of hydrogen-bond donors (Lipinski definition) is 6. The summed E-state index contributed by atoms with van der Waals surface area (Å²) in [6.45, 7) is 6.29. The van der Waals surface area contributed by atoms with Crippen molar-refractivity contribution >= 4 is 18.3 Å². The molecule has 0 amide bonds. The maximum atomic E-state index is 10.00. The first-order chi connectivity index (χ1) is 12.3. The molecule has 6 N–H and O–H groups in total. The van der Waals surface area contributed by atoms with Crippen molar-refractivity contribution in [2.24, 2.45) is 0 Å². The molecule has 0 spiro atoms. The van der Waals surface area contributed by atoms with Gasteiger partial charge in [0.15, 0.2) is 0 Å². The molecular weight excluding hydrogens is 380 g/mol. The average molecular weight is 415 g/mol. The van der Waals surface area contributed by atoms with Crippen LogP contribution in [0.4, 0.5) is 0 Å². The zero-order chi connectivity index (χ0) is 20.2. The normalized spacial score (nSPS) is 18.3. The van der Waals surface area contributed by atoms with E-state index < -0.39 is 45.6 Å². The van der Waals surface area contributed by atoms with Crippen molar-refractivity contribution in [3.05, 3.63) is 0 Å². The van der Waals surface area contributed by atoms with Crippen molar-refractivity contribution in [1.29, 1.82) is 0 Å². The molecule has 0 heterocycles. The van der Waals surface area contributed by atoms with Crippen molar-refractivity contribution in [2.45, 2.75) is 69.4 Å². The Morgan fingerprint density at radius 1 is 0.808 bits per heavy atom. The molecule has 0 aliphatic rings. The van der Waals surface area contributed by atoms with Crippen LogP contribution in [0.25, 0.3) is 0 Å². The topological polar surface area (TPSA) is 149 Å². The molecule has 0 rings (SSSR count). The van der Waals surface area contributed by atoms with Gasteiger partial charge in [0.25, 0.3) is 0 Å². The maximum absolute atomic E-state index is 10.00. The van der Waals surface area contributed by atoms with Crippen molar-refractivity contribution in [3.63, 3.8) is 0 Å². The highest BCUT2D eigenvalue weighted by atomic mass is 28.4. The molecule has 0 aromatic carbocycles. The minimum Gasteiger partial charge on any atom is -0.394 e. The molecular formula is C15H34O9Si2. The Morgan fingerprint density at radius 3 is 1.73 bits per heavy atom. The monoisotopic (exact) mass is 414 g/mol. The molecule has 0 bridgehead atoms. The van der Waals surface area contributed by atoms with E-state index in [1.165, 1.54) is 0 Å². The van der Waals surface area contributed by atoms with Gasteiger partial charge in [0.1, 0.15) is 24.4 Å². The van der Waals surface area contributed by atoms with Crippen LogP contribution in [0.3, 0.4) is 0 Å². The summed E-state index contributed by atoms with van der Waals surface area (Å²) in [6.07, 6.45) is -6.08. The van der Waals surface area contributed by atoms with Gasteiger partial charge >= 0.3 is 8.80 Å². The second-order valence-corrected chi connectivity index (χ2v) is 9.94. The number of hydrogen-bond acceptors (Lipinski definition) is 9. The van der Waals surface area contributed by atoms with Crippen molar-refractivity contribution in [2.75, 3.05) is 26.4 Å². The molecule has 1 unspecified atom stereocenters. The number of aliphatic hydroxyl groups excluding tert-OH is 6. The Bertz CT molecular complexity index is 334. The summed E-state index contributed by atoms with van der Waals surface area (Å²) < 4.78 is 17.2. The van der Waals surface area contributed by atoms with Gasteiger partial charge in [0.2, 0.25) is 0 Å². The van der Waals surface area contributed by atoms with Gasteiger partial charge < -0.3 is 43.9 Å². The quantitative estimate of drug-likeness (QED) is 0.128. The van der Waals surface area contributed by atoms with Crippen LogP contribution in [0, 0.1) is 0 Å². The Kier molecular flexibility index (Phi) is 14.2. The summed E-state index contributed by atoms with van der Waals surface area (Å²) in [5, 5.41) is 57.3.